The molecule has 1 heterocycles. The van der Waals surface area contributed by atoms with Gasteiger partial charge in [0.1, 0.15) is 5.82 Å². The van der Waals surface area contributed by atoms with Gasteiger partial charge < -0.3 is 11.1 Å². The Morgan fingerprint density at radius 3 is 2.81 bits per heavy atom. The number of aromatic nitrogens is 2. The Kier molecular flexibility index (Phi) is 4.54. The van der Waals surface area contributed by atoms with Gasteiger partial charge >= 0.3 is 0 Å². The van der Waals surface area contributed by atoms with Gasteiger partial charge in [0.15, 0.2) is 5.16 Å². The van der Waals surface area contributed by atoms with E-state index >= 15 is 0 Å². The Morgan fingerprint density at radius 2 is 2.25 bits per heavy atom. The standard InChI is InChI=1S/C10H16N4OS/c1-6(2)12-9(15)5-16-10-13-7(3)4-8(11)14-10/h4,6H,5H2,1-3H3,(H,12,15)(H2,11,13,14). The number of rotatable bonds is 4. The third kappa shape index (κ3) is 4.48. The molecule has 0 aliphatic carbocycles. The molecule has 0 aliphatic heterocycles. The summed E-state index contributed by atoms with van der Waals surface area (Å²) in [6.07, 6.45) is 0. The zero-order chi connectivity index (χ0) is 12.1. The van der Waals surface area contributed by atoms with Crippen molar-refractivity contribution in [3.8, 4) is 0 Å². The minimum atomic E-state index is -0.0244. The number of anilines is 1. The minimum Gasteiger partial charge on any atom is -0.384 e. The molecule has 1 amide bonds. The topological polar surface area (TPSA) is 80.9 Å². The van der Waals surface area contributed by atoms with Crippen LogP contribution < -0.4 is 11.1 Å². The Balaban J connectivity index is 2.51. The van der Waals surface area contributed by atoms with Crippen molar-refractivity contribution >= 4 is 23.5 Å². The summed E-state index contributed by atoms with van der Waals surface area (Å²) in [5.41, 5.74) is 6.39. The fourth-order valence-corrected chi connectivity index (χ4v) is 1.85. The Morgan fingerprint density at radius 1 is 1.56 bits per heavy atom. The zero-order valence-corrected chi connectivity index (χ0v) is 10.5. The van der Waals surface area contributed by atoms with Crippen molar-refractivity contribution in [2.45, 2.75) is 32.0 Å². The Hall–Kier alpha value is -1.30. The first-order valence-corrected chi connectivity index (χ1v) is 5.99. The number of aryl methyl sites for hydroxylation is 1. The molecule has 0 bridgehead atoms. The number of carbonyl (C=O) groups excluding carboxylic acids is 1. The smallest absolute Gasteiger partial charge is 0.230 e. The van der Waals surface area contributed by atoms with Gasteiger partial charge in [0, 0.05) is 17.8 Å². The number of nitrogens with zero attached hydrogens (tertiary/aromatic N) is 2. The van der Waals surface area contributed by atoms with Gasteiger partial charge in [-0.15, -0.1) is 0 Å². The lowest BCUT2D eigenvalue weighted by Gasteiger charge is -2.07. The average Bonchev–Trinajstić information content (AvgIpc) is 2.12. The first-order chi connectivity index (χ1) is 7.47. The van der Waals surface area contributed by atoms with E-state index in [0.29, 0.717) is 16.7 Å². The maximum Gasteiger partial charge on any atom is 0.230 e. The monoisotopic (exact) mass is 240 g/mol. The highest BCUT2D eigenvalue weighted by Gasteiger charge is 2.06. The molecule has 0 aliphatic rings. The summed E-state index contributed by atoms with van der Waals surface area (Å²) in [7, 11) is 0. The highest BCUT2D eigenvalue weighted by molar-refractivity contribution is 7.99. The second-order valence-corrected chi connectivity index (χ2v) is 4.67. The molecule has 3 N–H and O–H groups in total. The van der Waals surface area contributed by atoms with Crippen LogP contribution in [0.2, 0.25) is 0 Å². The molecule has 88 valence electrons. The SMILES string of the molecule is Cc1cc(N)nc(SCC(=O)NC(C)C)n1. The van der Waals surface area contributed by atoms with Crippen LogP contribution in [-0.4, -0.2) is 27.7 Å². The zero-order valence-electron chi connectivity index (χ0n) is 9.65. The molecule has 1 aromatic rings. The summed E-state index contributed by atoms with van der Waals surface area (Å²) in [5.74, 6) is 0.712. The third-order valence-electron chi connectivity index (χ3n) is 1.64. The van der Waals surface area contributed by atoms with Gasteiger partial charge in [-0.3, -0.25) is 4.79 Å². The maximum atomic E-state index is 11.4. The largest absolute Gasteiger partial charge is 0.384 e. The van der Waals surface area contributed by atoms with Crippen LogP contribution in [0.1, 0.15) is 19.5 Å². The fraction of sp³-hybridized carbons (Fsp3) is 0.500. The van der Waals surface area contributed by atoms with Crippen LogP contribution in [0.3, 0.4) is 0 Å². The summed E-state index contributed by atoms with van der Waals surface area (Å²) >= 11 is 1.28. The molecular weight excluding hydrogens is 224 g/mol. The molecule has 1 rings (SSSR count). The molecule has 0 unspecified atom stereocenters. The number of hydrogen-bond donors (Lipinski definition) is 2. The molecule has 16 heavy (non-hydrogen) atoms. The van der Waals surface area contributed by atoms with Gasteiger partial charge in [0.05, 0.1) is 5.75 Å². The average molecular weight is 240 g/mol. The van der Waals surface area contributed by atoms with E-state index in [1.54, 1.807) is 6.07 Å². The molecule has 6 heteroatoms. The van der Waals surface area contributed by atoms with Crippen molar-refractivity contribution in [3.05, 3.63) is 11.8 Å². The van der Waals surface area contributed by atoms with Gasteiger partial charge in [0.25, 0.3) is 0 Å². The normalized spacial score (nSPS) is 10.5. The lowest BCUT2D eigenvalue weighted by atomic mass is 10.4. The second kappa shape index (κ2) is 5.69. The quantitative estimate of drug-likeness (QED) is 0.606. The maximum absolute atomic E-state index is 11.4. The molecule has 0 saturated heterocycles. The third-order valence-corrected chi connectivity index (χ3v) is 2.48. The van der Waals surface area contributed by atoms with E-state index in [4.69, 9.17) is 5.73 Å². The van der Waals surface area contributed by atoms with Gasteiger partial charge in [-0.05, 0) is 20.8 Å². The van der Waals surface area contributed by atoms with E-state index in [1.807, 2.05) is 20.8 Å². The minimum absolute atomic E-state index is 0.0244. The molecule has 1 aromatic heterocycles. The molecule has 0 fully saturated rings. The number of thioether (sulfide) groups is 1. The van der Waals surface area contributed by atoms with E-state index in [0.717, 1.165) is 5.69 Å². The van der Waals surface area contributed by atoms with Gasteiger partial charge in [-0.1, -0.05) is 11.8 Å². The van der Waals surface area contributed by atoms with E-state index in [1.165, 1.54) is 11.8 Å². The molecule has 0 saturated carbocycles. The lowest BCUT2D eigenvalue weighted by molar-refractivity contribution is -0.119. The number of nitrogens with two attached hydrogens (primary N) is 1. The highest BCUT2D eigenvalue weighted by Crippen LogP contribution is 2.14. The molecule has 5 nitrogen and oxygen atoms in total. The molecule has 0 aromatic carbocycles. The van der Waals surface area contributed by atoms with Gasteiger partial charge in [-0.2, -0.15) is 0 Å². The fourth-order valence-electron chi connectivity index (χ4n) is 1.12. The van der Waals surface area contributed by atoms with Crippen LogP contribution >= 0.6 is 11.8 Å². The first-order valence-electron chi connectivity index (χ1n) is 5.00. The van der Waals surface area contributed by atoms with Crippen molar-refractivity contribution in [1.29, 1.82) is 0 Å². The number of nitrogen functional groups attached to an aromatic ring is 1. The van der Waals surface area contributed by atoms with Crippen molar-refractivity contribution < 1.29 is 4.79 Å². The molecule has 0 radical (unpaired) electrons. The summed E-state index contributed by atoms with van der Waals surface area (Å²) in [6, 6.07) is 1.84. The summed E-state index contributed by atoms with van der Waals surface area (Å²) < 4.78 is 0. The van der Waals surface area contributed by atoms with Crippen LogP contribution in [0.25, 0.3) is 0 Å². The summed E-state index contributed by atoms with van der Waals surface area (Å²) in [5, 5.41) is 3.33. The van der Waals surface area contributed by atoms with E-state index in [2.05, 4.69) is 15.3 Å². The number of amides is 1. The predicted octanol–water partition coefficient (Wildman–Crippen LogP) is 0.984. The van der Waals surface area contributed by atoms with E-state index < -0.39 is 0 Å². The molecular formula is C10H16N4OS. The Bertz CT molecular complexity index is 361. The van der Waals surface area contributed by atoms with E-state index in [-0.39, 0.29) is 11.9 Å². The van der Waals surface area contributed by atoms with Crippen molar-refractivity contribution in [3.63, 3.8) is 0 Å². The van der Waals surface area contributed by atoms with Crippen LogP contribution in [-0.2, 0) is 4.79 Å². The van der Waals surface area contributed by atoms with Crippen molar-refractivity contribution in [1.82, 2.24) is 15.3 Å². The van der Waals surface area contributed by atoms with Gasteiger partial charge in [-0.25, -0.2) is 9.97 Å². The molecule has 0 spiro atoms. The lowest BCUT2D eigenvalue weighted by Crippen LogP contribution is -2.31. The summed E-state index contributed by atoms with van der Waals surface area (Å²) in [4.78, 5) is 19.6. The van der Waals surface area contributed by atoms with E-state index in [9.17, 15) is 4.79 Å². The molecule has 0 atom stereocenters. The van der Waals surface area contributed by atoms with Crippen molar-refractivity contribution in [2.24, 2.45) is 0 Å². The number of nitrogens with one attached hydrogen (secondary N) is 1. The highest BCUT2D eigenvalue weighted by atomic mass is 32.2. The van der Waals surface area contributed by atoms with Crippen LogP contribution in [0.15, 0.2) is 11.2 Å². The van der Waals surface area contributed by atoms with Gasteiger partial charge in [0.2, 0.25) is 5.91 Å². The Labute approximate surface area is 99.2 Å². The number of carbonyl (C=O) groups is 1. The predicted molar refractivity (Wildman–Crippen MR) is 65.2 cm³/mol. The van der Waals surface area contributed by atoms with Crippen molar-refractivity contribution in [2.75, 3.05) is 11.5 Å². The number of hydrogen-bond acceptors (Lipinski definition) is 5. The second-order valence-electron chi connectivity index (χ2n) is 3.73. The van der Waals surface area contributed by atoms with Crippen LogP contribution in [0.5, 0.6) is 0 Å². The first kappa shape index (κ1) is 12.8. The van der Waals surface area contributed by atoms with Crippen LogP contribution in [0, 0.1) is 6.92 Å². The summed E-state index contributed by atoms with van der Waals surface area (Å²) in [6.45, 7) is 5.68. The van der Waals surface area contributed by atoms with Crippen LogP contribution in [0.4, 0.5) is 5.82 Å².